The summed E-state index contributed by atoms with van der Waals surface area (Å²) in [4.78, 5) is 17.9. The van der Waals surface area contributed by atoms with Crippen molar-refractivity contribution in [3.8, 4) is 0 Å². The van der Waals surface area contributed by atoms with Gasteiger partial charge in [-0.05, 0) is 37.5 Å². The summed E-state index contributed by atoms with van der Waals surface area (Å²) in [5, 5.41) is 1.44. The molecule has 1 aliphatic heterocycles. The molecule has 0 amide bonds. The van der Waals surface area contributed by atoms with Gasteiger partial charge in [-0.2, -0.15) is 0 Å². The van der Waals surface area contributed by atoms with Gasteiger partial charge >= 0.3 is 0 Å². The zero-order valence-corrected chi connectivity index (χ0v) is 15.7. The lowest BCUT2D eigenvalue weighted by Gasteiger charge is -2.15. The summed E-state index contributed by atoms with van der Waals surface area (Å²) < 4.78 is 7.53. The Kier molecular flexibility index (Phi) is 5.09. The second-order valence-electron chi connectivity index (χ2n) is 6.73. The lowest BCUT2D eigenvalue weighted by atomic mass is 10.1. The Morgan fingerprint density at radius 3 is 2.77 bits per heavy atom. The van der Waals surface area contributed by atoms with Gasteiger partial charge in [0.25, 0.3) is 5.56 Å². The van der Waals surface area contributed by atoms with Crippen LogP contribution in [0.25, 0.3) is 10.9 Å². The Hall–Kier alpha value is -2.11. The molecule has 3 aromatic rings. The molecule has 2 aromatic carbocycles. The molecule has 1 unspecified atom stereocenters. The maximum Gasteiger partial charge on any atom is 0.262 e. The van der Waals surface area contributed by atoms with Crippen LogP contribution in [0.3, 0.4) is 0 Å². The number of hydrogen-bond acceptors (Lipinski definition) is 4. The molecule has 0 N–H and O–H groups in total. The van der Waals surface area contributed by atoms with E-state index >= 15 is 0 Å². The van der Waals surface area contributed by atoms with E-state index < -0.39 is 0 Å². The van der Waals surface area contributed by atoms with Crippen LogP contribution < -0.4 is 5.56 Å². The van der Waals surface area contributed by atoms with Crippen molar-refractivity contribution in [3.05, 3.63) is 70.0 Å². The summed E-state index contributed by atoms with van der Waals surface area (Å²) in [7, 11) is 0. The Balaban J connectivity index is 1.71. The Bertz CT molecular complexity index is 960. The van der Waals surface area contributed by atoms with E-state index in [4.69, 9.17) is 9.72 Å². The van der Waals surface area contributed by atoms with Crippen LogP contribution in [0.1, 0.15) is 24.0 Å². The summed E-state index contributed by atoms with van der Waals surface area (Å²) in [6, 6.07) is 15.9. The lowest BCUT2D eigenvalue weighted by Crippen LogP contribution is -2.24. The minimum atomic E-state index is 0.0195. The van der Waals surface area contributed by atoms with E-state index in [1.165, 1.54) is 5.56 Å². The van der Waals surface area contributed by atoms with E-state index in [1.54, 1.807) is 16.3 Å². The number of thioether (sulfide) groups is 1. The van der Waals surface area contributed by atoms with Crippen LogP contribution >= 0.6 is 11.8 Å². The average Bonchev–Trinajstić information content (AvgIpc) is 3.18. The number of nitrogens with zero attached hydrogens (tertiary/aromatic N) is 2. The normalized spacial score (nSPS) is 17.0. The zero-order valence-electron chi connectivity index (χ0n) is 14.9. The fraction of sp³-hybridized carbons (Fsp3) is 0.333. The van der Waals surface area contributed by atoms with E-state index in [1.807, 2.05) is 24.3 Å². The molecule has 0 spiro atoms. The van der Waals surface area contributed by atoms with Crippen molar-refractivity contribution in [2.45, 2.75) is 37.6 Å². The van der Waals surface area contributed by atoms with Crippen LogP contribution in [-0.4, -0.2) is 28.0 Å². The predicted molar refractivity (Wildman–Crippen MR) is 106 cm³/mol. The van der Waals surface area contributed by atoms with E-state index in [0.717, 1.165) is 41.4 Å². The standard InChI is InChI=1S/C21H22N2O2S/c1-15-8-10-16(11-9-15)13-23-20(24)18-6-2-3-7-19(18)22-21(23)26-14-17-5-4-12-25-17/h2-3,6-11,17H,4-5,12-14H2,1H3. The fourth-order valence-electron chi connectivity index (χ4n) is 3.22. The van der Waals surface area contributed by atoms with E-state index in [-0.39, 0.29) is 11.7 Å². The predicted octanol–water partition coefficient (Wildman–Crippen LogP) is 4.02. The summed E-state index contributed by atoms with van der Waals surface area (Å²) in [5.41, 5.74) is 3.10. The van der Waals surface area contributed by atoms with E-state index in [2.05, 4.69) is 31.2 Å². The van der Waals surface area contributed by atoms with Gasteiger partial charge in [0.05, 0.1) is 23.6 Å². The number of fused-ring (bicyclic) bond motifs is 1. The van der Waals surface area contributed by atoms with Crippen LogP contribution in [0.15, 0.2) is 58.5 Å². The van der Waals surface area contributed by atoms with Crippen molar-refractivity contribution in [2.24, 2.45) is 0 Å². The van der Waals surface area contributed by atoms with Gasteiger partial charge < -0.3 is 4.74 Å². The van der Waals surface area contributed by atoms with Gasteiger partial charge in [-0.1, -0.05) is 53.7 Å². The van der Waals surface area contributed by atoms with Crippen molar-refractivity contribution in [1.82, 2.24) is 9.55 Å². The van der Waals surface area contributed by atoms with Gasteiger partial charge in [0.15, 0.2) is 5.16 Å². The zero-order chi connectivity index (χ0) is 17.9. The van der Waals surface area contributed by atoms with Gasteiger partial charge in [-0.15, -0.1) is 0 Å². The molecule has 1 aromatic heterocycles. The first kappa shape index (κ1) is 17.3. The molecule has 1 atom stereocenters. The van der Waals surface area contributed by atoms with Crippen LogP contribution in [0, 0.1) is 6.92 Å². The molecule has 4 rings (SSSR count). The quantitative estimate of drug-likeness (QED) is 0.505. The molecule has 5 heteroatoms. The molecular formula is C21H22N2O2S. The molecule has 4 nitrogen and oxygen atoms in total. The highest BCUT2D eigenvalue weighted by Crippen LogP contribution is 2.24. The molecule has 1 aliphatic rings. The number of para-hydroxylation sites is 1. The monoisotopic (exact) mass is 366 g/mol. The van der Waals surface area contributed by atoms with Crippen LogP contribution in [0.5, 0.6) is 0 Å². The first-order chi connectivity index (χ1) is 12.7. The minimum Gasteiger partial charge on any atom is -0.377 e. The molecular weight excluding hydrogens is 344 g/mol. The number of ether oxygens (including phenoxy) is 1. The number of aryl methyl sites for hydroxylation is 1. The summed E-state index contributed by atoms with van der Waals surface area (Å²) in [6.45, 7) is 3.44. The van der Waals surface area contributed by atoms with E-state index in [9.17, 15) is 4.79 Å². The Morgan fingerprint density at radius 1 is 1.19 bits per heavy atom. The summed E-state index contributed by atoms with van der Waals surface area (Å²) >= 11 is 1.62. The van der Waals surface area contributed by atoms with Crippen LogP contribution in [0.2, 0.25) is 0 Å². The van der Waals surface area contributed by atoms with Crippen molar-refractivity contribution >= 4 is 22.7 Å². The first-order valence-electron chi connectivity index (χ1n) is 9.00. The largest absolute Gasteiger partial charge is 0.377 e. The number of aromatic nitrogens is 2. The third-order valence-corrected chi connectivity index (χ3v) is 5.82. The van der Waals surface area contributed by atoms with Gasteiger partial charge in [0, 0.05) is 12.4 Å². The van der Waals surface area contributed by atoms with Gasteiger partial charge in [-0.3, -0.25) is 9.36 Å². The third-order valence-electron chi connectivity index (χ3n) is 4.71. The molecule has 0 bridgehead atoms. The van der Waals surface area contributed by atoms with Gasteiger partial charge in [0.2, 0.25) is 0 Å². The average molecular weight is 366 g/mol. The summed E-state index contributed by atoms with van der Waals surface area (Å²) in [6.07, 6.45) is 2.46. The SMILES string of the molecule is Cc1ccc(Cn2c(SCC3CCCO3)nc3ccccc3c2=O)cc1. The molecule has 1 saturated heterocycles. The second kappa shape index (κ2) is 7.64. The molecule has 26 heavy (non-hydrogen) atoms. The maximum atomic E-state index is 13.1. The number of rotatable bonds is 5. The minimum absolute atomic E-state index is 0.0195. The third kappa shape index (κ3) is 3.69. The molecule has 0 aliphatic carbocycles. The Labute approximate surface area is 157 Å². The second-order valence-corrected chi connectivity index (χ2v) is 7.72. The van der Waals surface area contributed by atoms with Gasteiger partial charge in [-0.25, -0.2) is 4.98 Å². The maximum absolute atomic E-state index is 13.1. The van der Waals surface area contributed by atoms with Crippen molar-refractivity contribution in [3.63, 3.8) is 0 Å². The molecule has 1 fully saturated rings. The topological polar surface area (TPSA) is 44.1 Å². The fourth-order valence-corrected chi connectivity index (χ4v) is 4.28. The highest BCUT2D eigenvalue weighted by atomic mass is 32.2. The number of benzene rings is 2. The van der Waals surface area contributed by atoms with E-state index in [0.29, 0.717) is 11.9 Å². The van der Waals surface area contributed by atoms with Crippen LogP contribution in [0.4, 0.5) is 0 Å². The lowest BCUT2D eigenvalue weighted by molar-refractivity contribution is 0.129. The van der Waals surface area contributed by atoms with Crippen LogP contribution in [-0.2, 0) is 11.3 Å². The van der Waals surface area contributed by atoms with Gasteiger partial charge in [0.1, 0.15) is 0 Å². The first-order valence-corrected chi connectivity index (χ1v) is 9.99. The molecule has 2 heterocycles. The Morgan fingerprint density at radius 2 is 2.00 bits per heavy atom. The highest BCUT2D eigenvalue weighted by Gasteiger charge is 2.18. The molecule has 134 valence electrons. The molecule has 0 radical (unpaired) electrons. The smallest absolute Gasteiger partial charge is 0.262 e. The van der Waals surface area contributed by atoms with Crippen molar-refractivity contribution < 1.29 is 4.74 Å². The number of hydrogen-bond donors (Lipinski definition) is 0. The van der Waals surface area contributed by atoms with Crippen molar-refractivity contribution in [1.29, 1.82) is 0 Å². The van der Waals surface area contributed by atoms with Crippen molar-refractivity contribution in [2.75, 3.05) is 12.4 Å². The molecule has 0 saturated carbocycles. The summed E-state index contributed by atoms with van der Waals surface area (Å²) in [5.74, 6) is 0.832. The highest BCUT2D eigenvalue weighted by molar-refractivity contribution is 7.99.